The molecule has 2 radical (unpaired) electrons. The first-order chi connectivity index (χ1) is 8.15. The molecule has 6 heteroatoms. The third kappa shape index (κ3) is 4.95. The number of nitrogens with zero attached hydrogens (tertiary/aromatic N) is 3. The zero-order chi connectivity index (χ0) is 12.7. The number of hydrogen-bond acceptors (Lipinski definition) is 4. The van der Waals surface area contributed by atoms with Gasteiger partial charge in [0.2, 0.25) is 12.8 Å². The Morgan fingerprint density at radius 1 is 0.941 bits per heavy atom. The molecule has 0 aromatic carbocycles. The monoisotopic (exact) mass is 239 g/mol. The van der Waals surface area contributed by atoms with Crippen LogP contribution in [-0.2, 0) is 14.4 Å². The molecule has 17 heavy (non-hydrogen) atoms. The summed E-state index contributed by atoms with van der Waals surface area (Å²) in [5.41, 5.74) is 0. The van der Waals surface area contributed by atoms with E-state index in [0.29, 0.717) is 39.3 Å². The number of carbonyl (C=O) groups is 3. The number of ketones is 1. The summed E-state index contributed by atoms with van der Waals surface area (Å²) in [6, 6.07) is 0. The lowest BCUT2D eigenvalue weighted by molar-refractivity contribution is -0.121. The van der Waals surface area contributed by atoms with E-state index in [4.69, 9.17) is 6.92 Å². The van der Waals surface area contributed by atoms with Crippen LogP contribution in [0.4, 0.5) is 0 Å². The van der Waals surface area contributed by atoms with Gasteiger partial charge in [0.25, 0.3) is 0 Å². The molecule has 1 saturated heterocycles. The lowest BCUT2D eigenvalue weighted by Crippen LogP contribution is -2.38. The summed E-state index contributed by atoms with van der Waals surface area (Å²) in [6.45, 7) is 8.61. The standard InChI is InChI=1S/C11H17N3O3/c1-11(17)8-12-2-4-13(9-15)6-7-14(10-16)5-3-12/h1,9-10H,2-8H2. The Hall–Kier alpha value is -1.43. The number of hydrogen-bond donors (Lipinski definition) is 0. The lowest BCUT2D eigenvalue weighted by Gasteiger charge is -2.22. The van der Waals surface area contributed by atoms with Gasteiger partial charge in [-0.1, -0.05) is 0 Å². The first-order valence-electron chi connectivity index (χ1n) is 5.55. The predicted octanol–water partition coefficient (Wildman–Crippen LogP) is -1.50. The second kappa shape index (κ2) is 7.01. The second-order valence-corrected chi connectivity index (χ2v) is 4.03. The van der Waals surface area contributed by atoms with Crippen molar-refractivity contribution in [3.63, 3.8) is 0 Å². The summed E-state index contributed by atoms with van der Waals surface area (Å²) < 4.78 is 0. The summed E-state index contributed by atoms with van der Waals surface area (Å²) in [4.78, 5) is 37.4. The summed E-state index contributed by atoms with van der Waals surface area (Å²) in [7, 11) is 0. The van der Waals surface area contributed by atoms with E-state index in [1.54, 1.807) is 9.80 Å². The summed E-state index contributed by atoms with van der Waals surface area (Å²) >= 11 is 0. The van der Waals surface area contributed by atoms with E-state index in [1.807, 2.05) is 4.90 Å². The SMILES string of the molecule is [CH]C(=O)CN1CCN(C=O)CCN(C=O)CC1. The highest BCUT2D eigenvalue weighted by molar-refractivity contribution is 5.84. The molecule has 0 aromatic heterocycles. The first kappa shape index (κ1) is 13.6. The molecule has 2 amide bonds. The third-order valence-corrected chi connectivity index (χ3v) is 2.76. The van der Waals surface area contributed by atoms with Gasteiger partial charge in [0, 0.05) is 46.2 Å². The fraction of sp³-hybridized carbons (Fsp3) is 0.636. The average molecular weight is 239 g/mol. The van der Waals surface area contributed by atoms with Gasteiger partial charge in [0.15, 0.2) is 5.78 Å². The minimum atomic E-state index is -0.403. The van der Waals surface area contributed by atoms with Crippen LogP contribution in [0.25, 0.3) is 0 Å². The molecule has 0 aliphatic carbocycles. The fourth-order valence-electron chi connectivity index (χ4n) is 1.72. The Balaban J connectivity index is 2.59. The molecule has 94 valence electrons. The third-order valence-electron chi connectivity index (χ3n) is 2.76. The normalized spacial score (nSPS) is 19.1. The molecule has 1 fully saturated rings. The van der Waals surface area contributed by atoms with Crippen molar-refractivity contribution < 1.29 is 14.4 Å². The highest BCUT2D eigenvalue weighted by atomic mass is 16.1. The van der Waals surface area contributed by atoms with Gasteiger partial charge in [0.1, 0.15) is 0 Å². The van der Waals surface area contributed by atoms with Crippen molar-refractivity contribution >= 4 is 18.6 Å². The molecule has 1 aliphatic rings. The number of rotatable bonds is 4. The molecule has 0 bridgehead atoms. The van der Waals surface area contributed by atoms with E-state index in [9.17, 15) is 14.4 Å². The van der Waals surface area contributed by atoms with E-state index in [2.05, 4.69) is 0 Å². The van der Waals surface area contributed by atoms with Crippen LogP contribution in [0.2, 0.25) is 0 Å². The van der Waals surface area contributed by atoms with Gasteiger partial charge in [-0.15, -0.1) is 0 Å². The highest BCUT2D eigenvalue weighted by Crippen LogP contribution is 1.97. The zero-order valence-corrected chi connectivity index (χ0v) is 9.75. The highest BCUT2D eigenvalue weighted by Gasteiger charge is 2.15. The van der Waals surface area contributed by atoms with Crippen LogP contribution in [0.5, 0.6) is 0 Å². The molecular formula is C11H17N3O3. The second-order valence-electron chi connectivity index (χ2n) is 4.03. The average Bonchev–Trinajstić information content (AvgIpc) is 2.39. The van der Waals surface area contributed by atoms with Crippen LogP contribution in [0.15, 0.2) is 0 Å². The summed E-state index contributed by atoms with van der Waals surface area (Å²) in [5, 5.41) is 0. The largest absolute Gasteiger partial charge is 0.342 e. The van der Waals surface area contributed by atoms with E-state index in [-0.39, 0.29) is 6.54 Å². The van der Waals surface area contributed by atoms with Gasteiger partial charge >= 0.3 is 0 Å². The molecule has 0 aromatic rings. The Labute approximate surface area is 101 Å². The maximum atomic E-state index is 10.9. The molecule has 0 saturated carbocycles. The molecule has 6 nitrogen and oxygen atoms in total. The van der Waals surface area contributed by atoms with Gasteiger partial charge in [-0.05, 0) is 0 Å². The molecule has 1 rings (SSSR count). The topological polar surface area (TPSA) is 60.9 Å². The molecule has 0 unspecified atom stereocenters. The van der Waals surface area contributed by atoms with Gasteiger partial charge < -0.3 is 9.80 Å². The quantitative estimate of drug-likeness (QED) is 0.560. The van der Waals surface area contributed by atoms with Crippen molar-refractivity contribution in [2.45, 2.75) is 0 Å². The summed E-state index contributed by atoms with van der Waals surface area (Å²) in [5.74, 6) is -0.403. The van der Waals surface area contributed by atoms with Gasteiger partial charge in [0.05, 0.1) is 6.54 Å². The van der Waals surface area contributed by atoms with Gasteiger partial charge in [-0.3, -0.25) is 19.3 Å². The van der Waals surface area contributed by atoms with Crippen molar-refractivity contribution in [3.8, 4) is 0 Å². The fourth-order valence-corrected chi connectivity index (χ4v) is 1.72. The maximum absolute atomic E-state index is 10.9. The van der Waals surface area contributed by atoms with Crippen LogP contribution in [0.1, 0.15) is 0 Å². The van der Waals surface area contributed by atoms with Crippen molar-refractivity contribution in [1.82, 2.24) is 14.7 Å². The Bertz CT molecular complexity index is 263. The molecule has 0 N–H and O–H groups in total. The Morgan fingerprint density at radius 2 is 1.35 bits per heavy atom. The molecule has 0 spiro atoms. The number of amides is 2. The van der Waals surface area contributed by atoms with E-state index >= 15 is 0 Å². The maximum Gasteiger partial charge on any atom is 0.209 e. The number of carbonyl (C=O) groups excluding carboxylic acids is 3. The van der Waals surface area contributed by atoms with E-state index in [0.717, 1.165) is 12.8 Å². The van der Waals surface area contributed by atoms with Crippen molar-refractivity contribution in [2.24, 2.45) is 0 Å². The smallest absolute Gasteiger partial charge is 0.209 e. The number of Topliss-reactive ketones (excluding diaryl/α,β-unsaturated/α-hetero) is 1. The van der Waals surface area contributed by atoms with Crippen LogP contribution < -0.4 is 0 Å². The van der Waals surface area contributed by atoms with E-state index < -0.39 is 5.78 Å². The van der Waals surface area contributed by atoms with Crippen LogP contribution in [0, 0.1) is 6.92 Å². The Kier molecular flexibility index (Phi) is 5.62. The molecule has 0 atom stereocenters. The Morgan fingerprint density at radius 3 is 1.71 bits per heavy atom. The molecular weight excluding hydrogens is 222 g/mol. The lowest BCUT2D eigenvalue weighted by atomic mass is 10.3. The predicted molar refractivity (Wildman–Crippen MR) is 61.0 cm³/mol. The van der Waals surface area contributed by atoms with Crippen LogP contribution >= 0.6 is 0 Å². The van der Waals surface area contributed by atoms with Crippen LogP contribution in [0.3, 0.4) is 0 Å². The van der Waals surface area contributed by atoms with E-state index in [1.165, 1.54) is 0 Å². The van der Waals surface area contributed by atoms with Gasteiger partial charge in [-0.25, -0.2) is 0 Å². The first-order valence-corrected chi connectivity index (χ1v) is 5.55. The molecule has 1 aliphatic heterocycles. The minimum Gasteiger partial charge on any atom is -0.342 e. The van der Waals surface area contributed by atoms with Gasteiger partial charge in [-0.2, -0.15) is 0 Å². The van der Waals surface area contributed by atoms with Crippen LogP contribution in [-0.4, -0.2) is 79.1 Å². The van der Waals surface area contributed by atoms with Crippen molar-refractivity contribution in [2.75, 3.05) is 45.8 Å². The molecule has 1 heterocycles. The minimum absolute atomic E-state index is 0.152. The van der Waals surface area contributed by atoms with Crippen molar-refractivity contribution in [1.29, 1.82) is 0 Å². The van der Waals surface area contributed by atoms with Crippen molar-refractivity contribution in [3.05, 3.63) is 6.92 Å². The zero-order valence-electron chi connectivity index (χ0n) is 9.75. The summed E-state index contributed by atoms with van der Waals surface area (Å²) in [6.07, 6.45) is 1.52.